The summed E-state index contributed by atoms with van der Waals surface area (Å²) < 4.78 is 11.9. The molecule has 138 valence electrons. The van der Waals surface area contributed by atoms with E-state index in [1.54, 1.807) is 24.3 Å². The third-order valence-electron chi connectivity index (χ3n) is 4.08. The summed E-state index contributed by atoms with van der Waals surface area (Å²) in [5.41, 5.74) is 2.62. The molecule has 0 saturated carbocycles. The van der Waals surface area contributed by atoms with Crippen LogP contribution in [0.4, 0.5) is 0 Å². The molecule has 0 radical (unpaired) electrons. The fraction of sp³-hybridized carbons (Fsp3) is 0.174. The number of carbonyl (C=O) groups is 1. The Kier molecular flexibility index (Phi) is 6.66. The molecule has 0 heterocycles. The molecule has 0 aliphatic heterocycles. The zero-order valence-corrected chi connectivity index (χ0v) is 16.7. The van der Waals surface area contributed by atoms with Crippen molar-refractivity contribution in [1.82, 2.24) is 0 Å². The van der Waals surface area contributed by atoms with Gasteiger partial charge in [-0.2, -0.15) is 0 Å². The number of rotatable bonds is 7. The SMILES string of the molecule is CCCCOc1cccc(C(=O)Oc2ccc(-c3ccccc3)cc2Br)c1. The Morgan fingerprint density at radius 2 is 1.74 bits per heavy atom. The smallest absolute Gasteiger partial charge is 0.343 e. The number of halogens is 1. The lowest BCUT2D eigenvalue weighted by Crippen LogP contribution is -2.09. The van der Waals surface area contributed by atoms with Gasteiger partial charge in [0.15, 0.2) is 0 Å². The Hall–Kier alpha value is -2.59. The summed E-state index contributed by atoms with van der Waals surface area (Å²) in [4.78, 5) is 12.5. The van der Waals surface area contributed by atoms with Crippen LogP contribution in [0.1, 0.15) is 30.1 Å². The number of carbonyl (C=O) groups excluding carboxylic acids is 1. The minimum Gasteiger partial charge on any atom is -0.494 e. The quantitative estimate of drug-likeness (QED) is 0.246. The second-order valence-corrected chi connectivity index (χ2v) is 6.98. The van der Waals surface area contributed by atoms with Crippen molar-refractivity contribution in [1.29, 1.82) is 0 Å². The van der Waals surface area contributed by atoms with Crippen LogP contribution >= 0.6 is 15.9 Å². The molecule has 0 aromatic heterocycles. The molecule has 0 aliphatic carbocycles. The van der Waals surface area contributed by atoms with Crippen LogP contribution in [-0.4, -0.2) is 12.6 Å². The van der Waals surface area contributed by atoms with Crippen molar-refractivity contribution in [3.8, 4) is 22.6 Å². The summed E-state index contributed by atoms with van der Waals surface area (Å²) in [6, 6.07) is 22.8. The molecular weight excluding hydrogens is 404 g/mol. The number of hydrogen-bond donors (Lipinski definition) is 0. The van der Waals surface area contributed by atoms with Gasteiger partial charge in [-0.3, -0.25) is 0 Å². The van der Waals surface area contributed by atoms with E-state index in [2.05, 4.69) is 22.9 Å². The van der Waals surface area contributed by atoms with Crippen LogP contribution in [0, 0.1) is 0 Å². The molecule has 0 saturated heterocycles. The lowest BCUT2D eigenvalue weighted by Gasteiger charge is -2.10. The lowest BCUT2D eigenvalue weighted by molar-refractivity contribution is 0.0733. The van der Waals surface area contributed by atoms with Crippen molar-refractivity contribution < 1.29 is 14.3 Å². The summed E-state index contributed by atoms with van der Waals surface area (Å²) in [5, 5.41) is 0. The summed E-state index contributed by atoms with van der Waals surface area (Å²) in [5.74, 6) is 0.748. The molecule has 3 nitrogen and oxygen atoms in total. The molecule has 3 aromatic carbocycles. The molecule has 0 bridgehead atoms. The van der Waals surface area contributed by atoms with Crippen molar-refractivity contribution in [3.63, 3.8) is 0 Å². The maximum Gasteiger partial charge on any atom is 0.343 e. The van der Waals surface area contributed by atoms with E-state index in [9.17, 15) is 4.79 Å². The number of unbranched alkanes of at least 4 members (excludes halogenated alkanes) is 1. The maximum atomic E-state index is 12.5. The zero-order valence-electron chi connectivity index (χ0n) is 15.2. The van der Waals surface area contributed by atoms with Crippen molar-refractivity contribution >= 4 is 21.9 Å². The van der Waals surface area contributed by atoms with Gasteiger partial charge in [0.1, 0.15) is 11.5 Å². The zero-order chi connectivity index (χ0) is 19.1. The van der Waals surface area contributed by atoms with Gasteiger partial charge in [-0.15, -0.1) is 0 Å². The monoisotopic (exact) mass is 424 g/mol. The van der Waals surface area contributed by atoms with Gasteiger partial charge in [-0.1, -0.05) is 55.8 Å². The Morgan fingerprint density at radius 3 is 2.48 bits per heavy atom. The minimum atomic E-state index is -0.413. The Balaban J connectivity index is 1.72. The topological polar surface area (TPSA) is 35.5 Å². The van der Waals surface area contributed by atoms with E-state index in [0.717, 1.165) is 28.4 Å². The van der Waals surface area contributed by atoms with Gasteiger partial charge < -0.3 is 9.47 Å². The number of hydrogen-bond acceptors (Lipinski definition) is 3. The fourth-order valence-electron chi connectivity index (χ4n) is 2.60. The number of ether oxygens (including phenoxy) is 2. The Labute approximate surface area is 168 Å². The molecule has 4 heteroatoms. The van der Waals surface area contributed by atoms with Crippen LogP contribution in [0.25, 0.3) is 11.1 Å². The van der Waals surface area contributed by atoms with E-state index in [0.29, 0.717) is 23.7 Å². The molecule has 0 aliphatic rings. The summed E-state index contributed by atoms with van der Waals surface area (Å²) >= 11 is 3.50. The van der Waals surface area contributed by atoms with Crippen LogP contribution in [0.3, 0.4) is 0 Å². The highest BCUT2D eigenvalue weighted by Gasteiger charge is 2.12. The maximum absolute atomic E-state index is 12.5. The molecule has 0 unspecified atom stereocenters. The van der Waals surface area contributed by atoms with Crippen LogP contribution in [0.15, 0.2) is 77.3 Å². The van der Waals surface area contributed by atoms with Gasteiger partial charge in [0, 0.05) is 0 Å². The third-order valence-corrected chi connectivity index (χ3v) is 4.70. The molecule has 0 N–H and O–H groups in total. The normalized spacial score (nSPS) is 10.4. The number of benzene rings is 3. The van der Waals surface area contributed by atoms with Crippen molar-refractivity contribution in [2.75, 3.05) is 6.61 Å². The van der Waals surface area contributed by atoms with Crippen molar-refractivity contribution in [2.45, 2.75) is 19.8 Å². The first-order valence-corrected chi connectivity index (χ1v) is 9.76. The molecular formula is C23H21BrO3. The van der Waals surface area contributed by atoms with E-state index in [1.807, 2.05) is 48.5 Å². The first-order chi connectivity index (χ1) is 13.2. The van der Waals surface area contributed by atoms with E-state index in [1.165, 1.54) is 0 Å². The van der Waals surface area contributed by atoms with Crippen LogP contribution < -0.4 is 9.47 Å². The molecule has 0 spiro atoms. The molecule has 0 atom stereocenters. The summed E-state index contributed by atoms with van der Waals surface area (Å²) in [6.45, 7) is 2.75. The van der Waals surface area contributed by atoms with E-state index >= 15 is 0 Å². The average molecular weight is 425 g/mol. The summed E-state index contributed by atoms with van der Waals surface area (Å²) in [7, 11) is 0. The second kappa shape index (κ2) is 9.38. The standard InChI is InChI=1S/C23H21BrO3/c1-2-3-14-26-20-11-7-10-19(15-20)23(25)27-22-13-12-18(16-21(22)24)17-8-5-4-6-9-17/h4-13,15-16H,2-3,14H2,1H3. The second-order valence-electron chi connectivity index (χ2n) is 6.13. The number of esters is 1. The van der Waals surface area contributed by atoms with Crippen LogP contribution in [0.2, 0.25) is 0 Å². The largest absolute Gasteiger partial charge is 0.494 e. The van der Waals surface area contributed by atoms with Gasteiger partial charge in [0.2, 0.25) is 0 Å². The molecule has 0 fully saturated rings. The molecule has 27 heavy (non-hydrogen) atoms. The molecule has 3 aromatic rings. The van der Waals surface area contributed by atoms with E-state index in [4.69, 9.17) is 9.47 Å². The fourth-order valence-corrected chi connectivity index (χ4v) is 3.06. The predicted octanol–water partition coefficient (Wildman–Crippen LogP) is 6.51. The highest BCUT2D eigenvalue weighted by molar-refractivity contribution is 9.10. The third kappa shape index (κ3) is 5.20. The van der Waals surface area contributed by atoms with Crippen LogP contribution in [-0.2, 0) is 0 Å². The molecule has 0 amide bonds. The van der Waals surface area contributed by atoms with Gasteiger partial charge in [-0.25, -0.2) is 4.79 Å². The van der Waals surface area contributed by atoms with Crippen molar-refractivity contribution in [2.24, 2.45) is 0 Å². The minimum absolute atomic E-state index is 0.413. The molecule has 3 rings (SSSR count). The summed E-state index contributed by atoms with van der Waals surface area (Å²) in [6.07, 6.45) is 2.05. The van der Waals surface area contributed by atoms with Gasteiger partial charge in [0.05, 0.1) is 16.6 Å². The van der Waals surface area contributed by atoms with E-state index < -0.39 is 5.97 Å². The highest BCUT2D eigenvalue weighted by atomic mass is 79.9. The van der Waals surface area contributed by atoms with Gasteiger partial charge >= 0.3 is 5.97 Å². The first kappa shape index (κ1) is 19.2. The van der Waals surface area contributed by atoms with Crippen LogP contribution in [0.5, 0.6) is 11.5 Å². The average Bonchev–Trinajstić information content (AvgIpc) is 2.70. The predicted molar refractivity (Wildman–Crippen MR) is 111 cm³/mol. The Morgan fingerprint density at radius 1 is 0.926 bits per heavy atom. The van der Waals surface area contributed by atoms with E-state index in [-0.39, 0.29) is 0 Å². The first-order valence-electron chi connectivity index (χ1n) is 8.97. The highest BCUT2D eigenvalue weighted by Crippen LogP contribution is 2.31. The van der Waals surface area contributed by atoms with Crippen molar-refractivity contribution in [3.05, 3.63) is 82.8 Å². The van der Waals surface area contributed by atoms with Gasteiger partial charge in [-0.05, 0) is 63.8 Å². The lowest BCUT2D eigenvalue weighted by atomic mass is 10.1. The van der Waals surface area contributed by atoms with Gasteiger partial charge in [0.25, 0.3) is 0 Å². The Bertz CT molecular complexity index is 907.